The van der Waals surface area contributed by atoms with Crippen LogP contribution < -0.4 is 14.4 Å². The minimum Gasteiger partial charge on any atom is -0.495 e. The Bertz CT molecular complexity index is 924. The minimum atomic E-state index is -0.543. The van der Waals surface area contributed by atoms with Crippen LogP contribution in [0.5, 0.6) is 11.5 Å². The third-order valence-corrected chi connectivity index (χ3v) is 5.36. The number of piperazine rings is 1. The summed E-state index contributed by atoms with van der Waals surface area (Å²) < 4.78 is 11.3. The molecule has 0 radical (unpaired) electrons. The highest BCUT2D eigenvalue weighted by molar-refractivity contribution is 5.60. The second-order valence-corrected chi connectivity index (χ2v) is 7.42. The number of β-amino-alcohol motifs (C(OH)–C–C–N with tert-alkyl or cyclic N) is 1. The number of aromatic amines is 1. The molecule has 0 spiro atoms. The molecule has 7 heteroatoms. The summed E-state index contributed by atoms with van der Waals surface area (Å²) in [6.45, 7) is 4.45. The molecular weight excluding hydrogens is 380 g/mol. The average Bonchev–Trinajstić information content (AvgIpc) is 3.34. The molecule has 1 aliphatic heterocycles. The summed E-state index contributed by atoms with van der Waals surface area (Å²) in [6, 6.07) is 17.8. The van der Waals surface area contributed by atoms with E-state index >= 15 is 0 Å². The Hall–Kier alpha value is -3.03. The Morgan fingerprint density at radius 3 is 2.67 bits per heavy atom. The van der Waals surface area contributed by atoms with Crippen molar-refractivity contribution in [1.29, 1.82) is 0 Å². The zero-order valence-corrected chi connectivity index (χ0v) is 17.2. The van der Waals surface area contributed by atoms with Gasteiger partial charge in [0.1, 0.15) is 24.2 Å². The molecule has 1 fully saturated rings. The summed E-state index contributed by atoms with van der Waals surface area (Å²) in [6.07, 6.45) is 1.18. The van der Waals surface area contributed by atoms with Gasteiger partial charge in [0.25, 0.3) is 0 Å². The van der Waals surface area contributed by atoms with Gasteiger partial charge in [0.05, 0.1) is 18.5 Å². The van der Waals surface area contributed by atoms with Gasteiger partial charge in [0.2, 0.25) is 0 Å². The number of methoxy groups -OCH3 is 1. The quantitative estimate of drug-likeness (QED) is 0.597. The van der Waals surface area contributed by atoms with E-state index in [1.54, 1.807) is 13.3 Å². The normalized spacial score (nSPS) is 15.7. The van der Waals surface area contributed by atoms with E-state index in [1.165, 1.54) is 0 Å². The van der Waals surface area contributed by atoms with Gasteiger partial charge in [-0.25, -0.2) is 0 Å². The largest absolute Gasteiger partial charge is 0.495 e. The molecule has 0 bridgehead atoms. The van der Waals surface area contributed by atoms with Gasteiger partial charge >= 0.3 is 0 Å². The van der Waals surface area contributed by atoms with Crippen LogP contribution in [0.2, 0.25) is 0 Å². The topological polar surface area (TPSA) is 73.8 Å². The second-order valence-electron chi connectivity index (χ2n) is 7.42. The number of anilines is 1. The van der Waals surface area contributed by atoms with Gasteiger partial charge in [-0.05, 0) is 30.3 Å². The van der Waals surface area contributed by atoms with Crippen LogP contribution in [0.25, 0.3) is 11.3 Å². The van der Waals surface area contributed by atoms with Crippen molar-refractivity contribution in [3.63, 3.8) is 0 Å². The van der Waals surface area contributed by atoms with E-state index in [0.29, 0.717) is 6.54 Å². The lowest BCUT2D eigenvalue weighted by Crippen LogP contribution is -2.49. The van der Waals surface area contributed by atoms with Gasteiger partial charge in [-0.15, -0.1) is 0 Å². The predicted molar refractivity (Wildman–Crippen MR) is 117 cm³/mol. The van der Waals surface area contributed by atoms with E-state index < -0.39 is 6.10 Å². The fraction of sp³-hybridized carbons (Fsp3) is 0.348. The summed E-state index contributed by atoms with van der Waals surface area (Å²) in [5, 5.41) is 17.4. The molecule has 1 aliphatic rings. The monoisotopic (exact) mass is 408 g/mol. The molecule has 3 aromatic rings. The number of para-hydroxylation sites is 2. The first-order chi connectivity index (χ1) is 14.7. The lowest BCUT2D eigenvalue weighted by molar-refractivity contribution is 0.0663. The minimum absolute atomic E-state index is 0.263. The summed E-state index contributed by atoms with van der Waals surface area (Å²) in [5.74, 6) is 1.64. The molecule has 2 N–H and O–H groups in total. The highest BCUT2D eigenvalue weighted by Crippen LogP contribution is 2.28. The number of H-pyrrole nitrogens is 1. The first-order valence-electron chi connectivity index (χ1n) is 10.2. The lowest BCUT2D eigenvalue weighted by atomic mass is 10.1. The Balaban J connectivity index is 1.25. The number of aliphatic hydroxyl groups is 1. The number of hydrogen-bond donors (Lipinski definition) is 2. The molecule has 4 rings (SSSR count). The van der Waals surface area contributed by atoms with Crippen molar-refractivity contribution in [1.82, 2.24) is 15.1 Å². The maximum absolute atomic E-state index is 10.5. The molecule has 158 valence electrons. The molecule has 1 aromatic heterocycles. The van der Waals surface area contributed by atoms with Crippen molar-refractivity contribution in [2.75, 3.05) is 51.3 Å². The van der Waals surface area contributed by atoms with Gasteiger partial charge in [0, 0.05) is 44.5 Å². The Morgan fingerprint density at radius 1 is 1.07 bits per heavy atom. The van der Waals surface area contributed by atoms with Crippen LogP contribution in [-0.2, 0) is 0 Å². The average molecular weight is 409 g/mol. The number of nitrogens with one attached hydrogen (secondary N) is 1. The molecule has 0 saturated carbocycles. The van der Waals surface area contributed by atoms with E-state index in [2.05, 4.69) is 26.1 Å². The highest BCUT2D eigenvalue weighted by Gasteiger charge is 2.21. The van der Waals surface area contributed by atoms with E-state index in [9.17, 15) is 5.11 Å². The van der Waals surface area contributed by atoms with Crippen LogP contribution in [-0.4, -0.2) is 72.7 Å². The van der Waals surface area contributed by atoms with Crippen LogP contribution in [0, 0.1) is 0 Å². The molecule has 7 nitrogen and oxygen atoms in total. The van der Waals surface area contributed by atoms with Gasteiger partial charge in [-0.1, -0.05) is 24.3 Å². The van der Waals surface area contributed by atoms with E-state index in [1.807, 2.05) is 48.5 Å². The smallest absolute Gasteiger partial charge is 0.142 e. The fourth-order valence-electron chi connectivity index (χ4n) is 3.78. The predicted octanol–water partition coefficient (Wildman–Crippen LogP) is 2.65. The maximum atomic E-state index is 10.5. The van der Waals surface area contributed by atoms with Gasteiger partial charge < -0.3 is 19.5 Å². The van der Waals surface area contributed by atoms with Crippen molar-refractivity contribution < 1.29 is 14.6 Å². The zero-order valence-electron chi connectivity index (χ0n) is 17.2. The molecule has 0 amide bonds. The lowest BCUT2D eigenvalue weighted by Gasteiger charge is -2.37. The number of ether oxygens (including phenoxy) is 2. The number of hydrogen-bond acceptors (Lipinski definition) is 6. The molecular formula is C23H28N4O3. The molecule has 30 heavy (non-hydrogen) atoms. The molecule has 1 saturated heterocycles. The van der Waals surface area contributed by atoms with E-state index in [-0.39, 0.29) is 6.61 Å². The van der Waals surface area contributed by atoms with Crippen molar-refractivity contribution in [3.8, 4) is 22.8 Å². The molecule has 1 atom stereocenters. The molecule has 1 unspecified atom stereocenters. The number of benzene rings is 2. The Kier molecular flexibility index (Phi) is 6.51. The standard InChI is InChI=1S/C23H28N4O3/c1-29-23-8-3-2-7-22(23)27-13-11-26(12-14-27)16-19(28)17-30-20-6-4-5-18(15-20)21-9-10-24-25-21/h2-10,15,19,28H,11-14,16-17H2,1H3,(H,24,25). The summed E-state index contributed by atoms with van der Waals surface area (Å²) in [7, 11) is 1.70. The van der Waals surface area contributed by atoms with E-state index in [4.69, 9.17) is 9.47 Å². The second kappa shape index (κ2) is 9.65. The number of nitrogens with zero attached hydrogens (tertiary/aromatic N) is 3. The number of rotatable bonds is 8. The molecule has 2 heterocycles. The van der Waals surface area contributed by atoms with Crippen LogP contribution in [0.4, 0.5) is 5.69 Å². The van der Waals surface area contributed by atoms with Crippen molar-refractivity contribution in [2.45, 2.75) is 6.10 Å². The SMILES string of the molecule is COc1ccccc1N1CCN(CC(O)COc2cccc(-c3ccn[nH]3)c2)CC1. The van der Waals surface area contributed by atoms with Crippen LogP contribution in [0.1, 0.15) is 0 Å². The number of aromatic nitrogens is 2. The number of aliphatic hydroxyl groups excluding tert-OH is 1. The highest BCUT2D eigenvalue weighted by atomic mass is 16.5. The fourth-order valence-corrected chi connectivity index (χ4v) is 3.78. The van der Waals surface area contributed by atoms with E-state index in [0.717, 1.165) is 54.6 Å². The first kappa shape index (κ1) is 20.3. The Labute approximate surface area is 176 Å². The van der Waals surface area contributed by atoms with Crippen LogP contribution in [0.3, 0.4) is 0 Å². The summed E-state index contributed by atoms with van der Waals surface area (Å²) >= 11 is 0. The third-order valence-electron chi connectivity index (χ3n) is 5.36. The van der Waals surface area contributed by atoms with Crippen LogP contribution >= 0.6 is 0 Å². The van der Waals surface area contributed by atoms with Crippen molar-refractivity contribution >= 4 is 5.69 Å². The summed E-state index contributed by atoms with van der Waals surface area (Å²) in [5.41, 5.74) is 3.07. The molecule has 2 aromatic carbocycles. The summed E-state index contributed by atoms with van der Waals surface area (Å²) in [4.78, 5) is 4.61. The third kappa shape index (κ3) is 4.93. The Morgan fingerprint density at radius 2 is 1.90 bits per heavy atom. The van der Waals surface area contributed by atoms with Gasteiger partial charge in [-0.2, -0.15) is 5.10 Å². The molecule has 0 aliphatic carbocycles. The van der Waals surface area contributed by atoms with Crippen molar-refractivity contribution in [3.05, 3.63) is 60.8 Å². The first-order valence-corrected chi connectivity index (χ1v) is 10.2. The van der Waals surface area contributed by atoms with Gasteiger partial charge in [0.15, 0.2) is 0 Å². The van der Waals surface area contributed by atoms with Crippen LogP contribution in [0.15, 0.2) is 60.8 Å². The van der Waals surface area contributed by atoms with Gasteiger partial charge in [-0.3, -0.25) is 10.00 Å². The zero-order chi connectivity index (χ0) is 20.8. The maximum Gasteiger partial charge on any atom is 0.142 e. The van der Waals surface area contributed by atoms with Crippen molar-refractivity contribution in [2.24, 2.45) is 0 Å².